The molecule has 144 valence electrons. The largest absolute Gasteiger partial charge is 0.371 e. The second kappa shape index (κ2) is 6.67. The summed E-state index contributed by atoms with van der Waals surface area (Å²) in [6.45, 7) is 6.08. The lowest BCUT2D eigenvalue weighted by Gasteiger charge is -2.29. The van der Waals surface area contributed by atoms with E-state index in [0.29, 0.717) is 5.82 Å². The molecule has 0 aliphatic carbocycles. The van der Waals surface area contributed by atoms with Crippen LogP contribution in [0.2, 0.25) is 0 Å². The van der Waals surface area contributed by atoms with Crippen molar-refractivity contribution >= 4 is 38.1 Å². The molecule has 27 heavy (non-hydrogen) atoms. The molecule has 8 heteroatoms. The molecule has 1 N–H and O–H groups in total. The van der Waals surface area contributed by atoms with Crippen LogP contribution in [-0.2, 0) is 16.4 Å². The second-order valence-electron chi connectivity index (χ2n) is 7.21. The number of anilines is 2. The van der Waals surface area contributed by atoms with Gasteiger partial charge in [0, 0.05) is 25.2 Å². The van der Waals surface area contributed by atoms with Crippen LogP contribution in [-0.4, -0.2) is 42.1 Å². The van der Waals surface area contributed by atoms with E-state index in [1.54, 1.807) is 0 Å². The van der Waals surface area contributed by atoms with Crippen LogP contribution in [0.3, 0.4) is 0 Å². The third-order valence-corrected chi connectivity index (χ3v) is 5.66. The van der Waals surface area contributed by atoms with Gasteiger partial charge >= 0.3 is 0 Å². The molecule has 0 atom stereocenters. The summed E-state index contributed by atoms with van der Waals surface area (Å²) in [5.41, 5.74) is 4.39. The Kier molecular flexibility index (Phi) is 4.46. The third-order valence-electron chi connectivity index (χ3n) is 5.10. The van der Waals surface area contributed by atoms with Gasteiger partial charge in [-0.05, 0) is 44.4 Å². The van der Waals surface area contributed by atoms with E-state index in [9.17, 15) is 8.42 Å². The number of nitrogens with zero attached hydrogens (tertiary/aromatic N) is 4. The van der Waals surface area contributed by atoms with Gasteiger partial charge in [0.1, 0.15) is 11.3 Å². The molecule has 0 bridgehead atoms. The summed E-state index contributed by atoms with van der Waals surface area (Å²) in [7, 11) is -3.44. The summed E-state index contributed by atoms with van der Waals surface area (Å²) < 4.78 is 28.3. The van der Waals surface area contributed by atoms with E-state index in [-0.39, 0.29) is 0 Å². The fourth-order valence-electron chi connectivity index (χ4n) is 3.92. The number of piperidine rings is 1. The Balaban J connectivity index is 1.98. The minimum absolute atomic E-state index is 0.334. The number of hydrogen-bond acceptors (Lipinski definition) is 5. The molecule has 0 amide bonds. The van der Waals surface area contributed by atoms with Crippen molar-refractivity contribution in [2.24, 2.45) is 0 Å². The SMILES string of the molecule is CCc1nc(C)c2c(NS(C)(=O)=O)nc3ccc(N4CCCCC4)cc3n12. The molecule has 7 nitrogen and oxygen atoms in total. The van der Waals surface area contributed by atoms with Crippen LogP contribution in [0.15, 0.2) is 18.2 Å². The summed E-state index contributed by atoms with van der Waals surface area (Å²) >= 11 is 0. The molecule has 1 aromatic carbocycles. The van der Waals surface area contributed by atoms with Crippen LogP contribution in [0.4, 0.5) is 11.5 Å². The molecule has 1 aliphatic rings. The number of rotatable bonds is 4. The Bertz CT molecular complexity index is 1110. The van der Waals surface area contributed by atoms with E-state index in [1.807, 2.05) is 13.0 Å². The van der Waals surface area contributed by atoms with Gasteiger partial charge in [-0.1, -0.05) is 6.92 Å². The van der Waals surface area contributed by atoms with Crippen molar-refractivity contribution in [3.8, 4) is 0 Å². The van der Waals surface area contributed by atoms with Gasteiger partial charge < -0.3 is 4.90 Å². The molecule has 0 radical (unpaired) electrons. The monoisotopic (exact) mass is 387 g/mol. The van der Waals surface area contributed by atoms with Gasteiger partial charge in [0.25, 0.3) is 0 Å². The van der Waals surface area contributed by atoms with Crippen molar-refractivity contribution < 1.29 is 8.42 Å². The van der Waals surface area contributed by atoms with Gasteiger partial charge in [-0.2, -0.15) is 0 Å². The van der Waals surface area contributed by atoms with Gasteiger partial charge in [0.15, 0.2) is 5.82 Å². The lowest BCUT2D eigenvalue weighted by atomic mass is 10.1. The topological polar surface area (TPSA) is 79.6 Å². The predicted octanol–water partition coefficient (Wildman–Crippen LogP) is 3.12. The van der Waals surface area contributed by atoms with E-state index >= 15 is 0 Å². The van der Waals surface area contributed by atoms with Gasteiger partial charge in [-0.25, -0.2) is 18.4 Å². The van der Waals surface area contributed by atoms with Crippen molar-refractivity contribution in [1.82, 2.24) is 14.4 Å². The second-order valence-corrected chi connectivity index (χ2v) is 8.95. The highest BCUT2D eigenvalue weighted by molar-refractivity contribution is 7.92. The smallest absolute Gasteiger partial charge is 0.231 e. The van der Waals surface area contributed by atoms with Gasteiger partial charge in [0.2, 0.25) is 10.0 Å². The van der Waals surface area contributed by atoms with Gasteiger partial charge in [-0.3, -0.25) is 9.12 Å². The molecule has 0 saturated carbocycles. The number of fused-ring (bicyclic) bond motifs is 3. The van der Waals surface area contributed by atoms with Crippen LogP contribution in [0, 0.1) is 6.92 Å². The van der Waals surface area contributed by atoms with Crippen LogP contribution < -0.4 is 9.62 Å². The summed E-state index contributed by atoms with van der Waals surface area (Å²) in [4.78, 5) is 11.7. The summed E-state index contributed by atoms with van der Waals surface area (Å²) in [5.74, 6) is 1.24. The molecular weight excluding hydrogens is 362 g/mol. The van der Waals surface area contributed by atoms with E-state index in [4.69, 9.17) is 0 Å². The van der Waals surface area contributed by atoms with Crippen LogP contribution in [0.1, 0.15) is 37.7 Å². The first-order valence-electron chi connectivity index (χ1n) is 9.42. The number of aromatic nitrogens is 3. The number of aryl methyl sites for hydroxylation is 2. The van der Waals surface area contributed by atoms with Crippen molar-refractivity contribution in [3.05, 3.63) is 29.7 Å². The first kappa shape index (κ1) is 18.0. The Hall–Kier alpha value is -2.35. The predicted molar refractivity (Wildman–Crippen MR) is 109 cm³/mol. The first-order chi connectivity index (χ1) is 12.9. The Morgan fingerprint density at radius 3 is 2.56 bits per heavy atom. The van der Waals surface area contributed by atoms with Gasteiger partial charge in [-0.15, -0.1) is 0 Å². The number of imidazole rings is 1. The normalized spacial score (nSPS) is 15.6. The maximum atomic E-state index is 11.8. The van der Waals surface area contributed by atoms with Crippen LogP contribution >= 0.6 is 0 Å². The molecule has 0 unspecified atom stereocenters. The molecule has 3 aromatic rings. The Morgan fingerprint density at radius 2 is 1.89 bits per heavy atom. The fourth-order valence-corrected chi connectivity index (χ4v) is 4.41. The van der Waals surface area contributed by atoms with E-state index in [2.05, 4.69) is 43.0 Å². The summed E-state index contributed by atoms with van der Waals surface area (Å²) in [6.07, 6.45) is 5.61. The van der Waals surface area contributed by atoms with Crippen molar-refractivity contribution in [2.75, 3.05) is 29.0 Å². The molecule has 1 saturated heterocycles. The molecule has 4 rings (SSSR count). The molecule has 3 heterocycles. The summed E-state index contributed by atoms with van der Waals surface area (Å²) in [5, 5.41) is 0. The minimum Gasteiger partial charge on any atom is -0.371 e. The van der Waals surface area contributed by atoms with Crippen LogP contribution in [0.5, 0.6) is 0 Å². The Morgan fingerprint density at radius 1 is 1.15 bits per heavy atom. The molecule has 1 fully saturated rings. The standard InChI is InChI=1S/C19H25N5O2S/c1-4-17-20-13(2)18-19(22-27(3,25)26)21-15-9-8-14(12-16(15)24(17)18)23-10-6-5-7-11-23/h8-9,12H,4-7,10-11H2,1-3H3,(H,21,22). The lowest BCUT2D eigenvalue weighted by molar-refractivity contribution is 0.578. The molecule has 2 aromatic heterocycles. The number of sulfonamides is 1. The van der Waals surface area contributed by atoms with Gasteiger partial charge in [0.05, 0.1) is 23.0 Å². The van der Waals surface area contributed by atoms with E-state index in [1.165, 1.54) is 24.9 Å². The van der Waals surface area contributed by atoms with Crippen LogP contribution in [0.25, 0.3) is 16.6 Å². The highest BCUT2D eigenvalue weighted by Gasteiger charge is 2.19. The van der Waals surface area contributed by atoms with Crippen molar-refractivity contribution in [1.29, 1.82) is 0 Å². The summed E-state index contributed by atoms with van der Waals surface area (Å²) in [6, 6.07) is 6.21. The third kappa shape index (κ3) is 3.34. The molecule has 0 spiro atoms. The quantitative estimate of drug-likeness (QED) is 0.744. The zero-order chi connectivity index (χ0) is 19.2. The van der Waals surface area contributed by atoms with E-state index in [0.717, 1.165) is 53.8 Å². The average Bonchev–Trinajstić information content (AvgIpc) is 2.98. The highest BCUT2D eigenvalue weighted by atomic mass is 32.2. The number of hydrogen-bond donors (Lipinski definition) is 1. The molecular formula is C19H25N5O2S. The van der Waals surface area contributed by atoms with Crippen molar-refractivity contribution in [3.63, 3.8) is 0 Å². The minimum atomic E-state index is -3.44. The zero-order valence-electron chi connectivity index (χ0n) is 16.0. The lowest BCUT2D eigenvalue weighted by Crippen LogP contribution is -2.29. The number of benzene rings is 1. The first-order valence-corrected chi connectivity index (χ1v) is 11.3. The zero-order valence-corrected chi connectivity index (χ0v) is 16.8. The number of nitrogens with one attached hydrogen (secondary N) is 1. The van der Waals surface area contributed by atoms with Crippen molar-refractivity contribution in [2.45, 2.75) is 39.5 Å². The fraction of sp³-hybridized carbons (Fsp3) is 0.474. The average molecular weight is 388 g/mol. The molecule has 1 aliphatic heterocycles. The maximum Gasteiger partial charge on any atom is 0.231 e. The Labute approximate surface area is 159 Å². The highest BCUT2D eigenvalue weighted by Crippen LogP contribution is 2.30. The maximum absolute atomic E-state index is 11.8. The van der Waals surface area contributed by atoms with E-state index < -0.39 is 10.0 Å².